The summed E-state index contributed by atoms with van der Waals surface area (Å²) in [6, 6.07) is 3.09. The van der Waals surface area contributed by atoms with Crippen LogP contribution < -0.4 is 0 Å². The molecule has 0 radical (unpaired) electrons. The van der Waals surface area contributed by atoms with E-state index in [0.717, 1.165) is 0 Å². The van der Waals surface area contributed by atoms with Gasteiger partial charge < -0.3 is 15.0 Å². The van der Waals surface area contributed by atoms with Crippen molar-refractivity contribution in [2.75, 3.05) is 13.1 Å². The van der Waals surface area contributed by atoms with E-state index in [0.29, 0.717) is 6.54 Å². The van der Waals surface area contributed by atoms with E-state index in [4.69, 9.17) is 5.26 Å². The first-order chi connectivity index (χ1) is 8.08. The molecular formula is C9H11N5O3. The van der Waals surface area contributed by atoms with Gasteiger partial charge in [-0.05, 0) is 11.8 Å². The average Bonchev–Trinajstić information content (AvgIpc) is 2.74. The van der Waals surface area contributed by atoms with E-state index in [1.807, 2.05) is 6.07 Å². The van der Waals surface area contributed by atoms with Crippen LogP contribution in [0.3, 0.4) is 0 Å². The predicted octanol–water partition coefficient (Wildman–Crippen LogP) is 0.163. The largest absolute Gasteiger partial charge is 0.389 e. The molecule has 90 valence electrons. The zero-order chi connectivity index (χ0) is 12.8. The van der Waals surface area contributed by atoms with E-state index < -0.39 is 4.92 Å². The van der Waals surface area contributed by atoms with Gasteiger partial charge in [-0.25, -0.2) is 0 Å². The van der Waals surface area contributed by atoms with E-state index in [1.54, 1.807) is 6.92 Å². The first kappa shape index (κ1) is 12.6. The standard InChI is InChI=1S/C9H11N5O3/c1-2-12(6-4-10)9(15)7-13-5-3-8(11-13)14(16)17/h3,5H,2,6-7H2,1H3. The van der Waals surface area contributed by atoms with Gasteiger partial charge in [0.1, 0.15) is 13.1 Å². The molecule has 0 fully saturated rings. The molecule has 0 aliphatic heterocycles. The van der Waals surface area contributed by atoms with Crippen LogP contribution in [0.4, 0.5) is 5.82 Å². The molecule has 0 N–H and O–H groups in total. The Bertz CT molecular complexity index is 461. The monoisotopic (exact) mass is 237 g/mol. The first-order valence-corrected chi connectivity index (χ1v) is 4.91. The summed E-state index contributed by atoms with van der Waals surface area (Å²) in [5.74, 6) is -0.604. The second-order valence-corrected chi connectivity index (χ2v) is 3.19. The van der Waals surface area contributed by atoms with Crippen molar-refractivity contribution >= 4 is 11.7 Å². The smallest absolute Gasteiger partial charge is 0.358 e. The number of likely N-dealkylation sites (N-methyl/N-ethyl adjacent to an activating group) is 1. The Morgan fingerprint density at radius 3 is 2.94 bits per heavy atom. The Labute approximate surface area is 97.2 Å². The first-order valence-electron chi connectivity index (χ1n) is 4.91. The quantitative estimate of drug-likeness (QED) is 0.412. The summed E-state index contributed by atoms with van der Waals surface area (Å²) in [6.45, 7) is 2.05. The molecule has 0 saturated heterocycles. The number of hydrogen-bond donors (Lipinski definition) is 0. The topological polar surface area (TPSA) is 105 Å². The predicted molar refractivity (Wildman–Crippen MR) is 56.7 cm³/mol. The molecule has 8 nitrogen and oxygen atoms in total. The molecule has 1 aromatic rings. The molecule has 17 heavy (non-hydrogen) atoms. The van der Waals surface area contributed by atoms with Crippen LogP contribution in [-0.2, 0) is 11.3 Å². The number of nitriles is 1. The maximum absolute atomic E-state index is 11.7. The molecule has 1 aromatic heterocycles. The van der Waals surface area contributed by atoms with Gasteiger partial charge in [-0.2, -0.15) is 9.94 Å². The summed E-state index contributed by atoms with van der Waals surface area (Å²) in [7, 11) is 0. The number of carbonyl (C=O) groups excluding carboxylic acids is 1. The number of hydrogen-bond acceptors (Lipinski definition) is 5. The summed E-state index contributed by atoms with van der Waals surface area (Å²) in [5.41, 5.74) is 0. The summed E-state index contributed by atoms with van der Waals surface area (Å²) in [6.07, 6.45) is 1.36. The molecule has 1 rings (SSSR count). The summed E-state index contributed by atoms with van der Waals surface area (Å²) in [4.78, 5) is 22.8. The van der Waals surface area contributed by atoms with Crippen molar-refractivity contribution in [1.29, 1.82) is 5.26 Å². The number of aromatic nitrogens is 2. The second kappa shape index (κ2) is 5.60. The molecule has 1 heterocycles. The van der Waals surface area contributed by atoms with Crippen LogP contribution in [0.2, 0.25) is 0 Å². The fourth-order valence-electron chi connectivity index (χ4n) is 1.24. The highest BCUT2D eigenvalue weighted by Crippen LogP contribution is 2.05. The lowest BCUT2D eigenvalue weighted by molar-refractivity contribution is -0.389. The molecule has 0 unspecified atom stereocenters. The van der Waals surface area contributed by atoms with Crippen LogP contribution in [0.15, 0.2) is 12.3 Å². The van der Waals surface area contributed by atoms with Crippen molar-refractivity contribution in [3.05, 3.63) is 22.4 Å². The molecular weight excluding hydrogens is 226 g/mol. The van der Waals surface area contributed by atoms with Crippen LogP contribution in [0, 0.1) is 21.4 Å². The third-order valence-corrected chi connectivity index (χ3v) is 2.11. The highest BCUT2D eigenvalue weighted by molar-refractivity contribution is 5.76. The number of rotatable bonds is 5. The van der Waals surface area contributed by atoms with Crippen molar-refractivity contribution in [3.8, 4) is 6.07 Å². The number of carbonyl (C=O) groups is 1. The fourth-order valence-corrected chi connectivity index (χ4v) is 1.24. The second-order valence-electron chi connectivity index (χ2n) is 3.19. The fraction of sp³-hybridized carbons (Fsp3) is 0.444. The van der Waals surface area contributed by atoms with Gasteiger partial charge in [0.2, 0.25) is 5.91 Å². The Kier molecular flexibility index (Phi) is 4.16. The molecule has 0 atom stereocenters. The summed E-state index contributed by atoms with van der Waals surface area (Å²) < 4.78 is 1.18. The lowest BCUT2D eigenvalue weighted by Gasteiger charge is -2.15. The zero-order valence-electron chi connectivity index (χ0n) is 9.24. The van der Waals surface area contributed by atoms with Gasteiger partial charge in [0.15, 0.2) is 0 Å². The van der Waals surface area contributed by atoms with Gasteiger partial charge >= 0.3 is 5.82 Å². The Morgan fingerprint density at radius 2 is 2.47 bits per heavy atom. The molecule has 0 aliphatic carbocycles. The molecule has 0 bridgehead atoms. The van der Waals surface area contributed by atoms with Gasteiger partial charge in [-0.15, -0.1) is 0 Å². The average molecular weight is 237 g/mol. The van der Waals surface area contributed by atoms with Crippen molar-refractivity contribution < 1.29 is 9.72 Å². The zero-order valence-corrected chi connectivity index (χ0v) is 9.24. The highest BCUT2D eigenvalue weighted by Gasteiger charge is 2.16. The third-order valence-electron chi connectivity index (χ3n) is 2.11. The van der Waals surface area contributed by atoms with Gasteiger partial charge in [0.25, 0.3) is 0 Å². The van der Waals surface area contributed by atoms with Crippen LogP contribution in [-0.4, -0.2) is 38.6 Å². The van der Waals surface area contributed by atoms with E-state index in [1.165, 1.54) is 21.8 Å². The van der Waals surface area contributed by atoms with Gasteiger partial charge in [0.05, 0.1) is 23.4 Å². The molecule has 8 heteroatoms. The number of nitro groups is 1. The molecule has 0 aromatic carbocycles. The van der Waals surface area contributed by atoms with E-state index in [-0.39, 0.29) is 24.8 Å². The maximum atomic E-state index is 11.7. The van der Waals surface area contributed by atoms with E-state index >= 15 is 0 Å². The lowest BCUT2D eigenvalue weighted by Crippen LogP contribution is -2.34. The van der Waals surface area contributed by atoms with Crippen LogP contribution in [0.25, 0.3) is 0 Å². The van der Waals surface area contributed by atoms with Crippen molar-refractivity contribution in [3.63, 3.8) is 0 Å². The van der Waals surface area contributed by atoms with E-state index in [2.05, 4.69) is 5.10 Å². The molecule has 1 amide bonds. The Morgan fingerprint density at radius 1 is 1.76 bits per heavy atom. The van der Waals surface area contributed by atoms with Crippen molar-refractivity contribution in [2.24, 2.45) is 0 Å². The number of nitrogens with zero attached hydrogens (tertiary/aromatic N) is 5. The molecule has 0 aliphatic rings. The molecule has 0 spiro atoms. The van der Waals surface area contributed by atoms with Crippen LogP contribution in [0.5, 0.6) is 0 Å². The van der Waals surface area contributed by atoms with Crippen molar-refractivity contribution in [2.45, 2.75) is 13.5 Å². The minimum atomic E-state index is -0.631. The minimum absolute atomic E-state index is 0.00129. The third kappa shape index (κ3) is 3.27. The Hall–Kier alpha value is -2.43. The molecule has 0 saturated carbocycles. The van der Waals surface area contributed by atoms with E-state index in [9.17, 15) is 14.9 Å². The Balaban J connectivity index is 2.67. The normalized spacial score (nSPS) is 9.65. The van der Waals surface area contributed by atoms with Gasteiger partial charge in [-0.1, -0.05) is 0 Å². The van der Waals surface area contributed by atoms with Gasteiger partial charge in [0, 0.05) is 6.54 Å². The van der Waals surface area contributed by atoms with Crippen LogP contribution in [0.1, 0.15) is 6.92 Å². The highest BCUT2D eigenvalue weighted by atomic mass is 16.6. The minimum Gasteiger partial charge on any atom is -0.358 e. The van der Waals surface area contributed by atoms with Crippen LogP contribution >= 0.6 is 0 Å². The summed E-state index contributed by atoms with van der Waals surface area (Å²) in [5, 5.41) is 22.5. The number of amides is 1. The SMILES string of the molecule is CCN(CC#N)C(=O)Cn1ccc([N+](=O)[O-])n1. The lowest BCUT2D eigenvalue weighted by atomic mass is 10.4. The van der Waals surface area contributed by atoms with Gasteiger partial charge in [-0.3, -0.25) is 4.79 Å². The maximum Gasteiger partial charge on any atom is 0.389 e. The van der Waals surface area contributed by atoms with Crippen molar-refractivity contribution in [1.82, 2.24) is 14.7 Å². The summed E-state index contributed by atoms with van der Waals surface area (Å²) >= 11 is 0.